The molecule has 0 bridgehead atoms. The first-order valence-electron chi connectivity index (χ1n) is 5.92. The summed E-state index contributed by atoms with van der Waals surface area (Å²) in [6, 6.07) is 3.22. The molecule has 0 aliphatic carbocycles. The van der Waals surface area contributed by atoms with Gasteiger partial charge in [0.1, 0.15) is 0 Å². The fraction of sp³-hybridized carbons (Fsp3) is 0.583. The Kier molecular flexibility index (Phi) is 4.10. The summed E-state index contributed by atoms with van der Waals surface area (Å²) in [6.45, 7) is 4.30. The predicted molar refractivity (Wildman–Crippen MR) is 63.0 cm³/mol. The Morgan fingerprint density at radius 1 is 1.31 bits per heavy atom. The molecule has 1 fully saturated rings. The molecule has 1 saturated heterocycles. The maximum absolute atomic E-state index is 12.8. The van der Waals surface area contributed by atoms with Crippen molar-refractivity contribution >= 4 is 5.69 Å². The Morgan fingerprint density at radius 3 is 2.88 bits per heavy atom. The Bertz CT molecular complexity index is 324. The Hall–Kier alpha value is -1.16. The van der Waals surface area contributed by atoms with Gasteiger partial charge in [-0.1, -0.05) is 6.42 Å². The number of anilines is 1. The second-order valence-electron chi connectivity index (χ2n) is 4.20. The largest absolute Gasteiger partial charge is 0.384 e. The van der Waals surface area contributed by atoms with Crippen LogP contribution in [-0.2, 0) is 0 Å². The molecule has 0 saturated carbocycles. The van der Waals surface area contributed by atoms with E-state index in [1.54, 1.807) is 6.07 Å². The third-order valence-electron chi connectivity index (χ3n) is 2.93. The lowest BCUT2D eigenvalue weighted by molar-refractivity contribution is 0.237. The number of halogens is 1. The van der Waals surface area contributed by atoms with Crippen molar-refractivity contribution in [3.05, 3.63) is 24.3 Å². The summed E-state index contributed by atoms with van der Waals surface area (Å²) in [6.07, 6.45) is 5.46. The van der Waals surface area contributed by atoms with Gasteiger partial charge < -0.3 is 10.2 Å². The smallest absolute Gasteiger partial charge is 0.214 e. The van der Waals surface area contributed by atoms with Gasteiger partial charge in [-0.15, -0.1) is 0 Å². The van der Waals surface area contributed by atoms with Crippen LogP contribution in [0, 0.1) is 5.95 Å². The van der Waals surface area contributed by atoms with Gasteiger partial charge in [-0.05, 0) is 32.0 Å². The molecule has 1 aliphatic rings. The highest BCUT2D eigenvalue weighted by molar-refractivity contribution is 5.40. The van der Waals surface area contributed by atoms with Crippen molar-refractivity contribution in [1.29, 1.82) is 0 Å². The van der Waals surface area contributed by atoms with Crippen LogP contribution in [0.2, 0.25) is 0 Å². The van der Waals surface area contributed by atoms with Gasteiger partial charge in [-0.3, -0.25) is 0 Å². The second kappa shape index (κ2) is 5.80. The molecule has 0 amide bonds. The first-order chi connectivity index (χ1) is 7.84. The van der Waals surface area contributed by atoms with Crippen molar-refractivity contribution < 1.29 is 4.39 Å². The molecule has 0 atom stereocenters. The quantitative estimate of drug-likeness (QED) is 0.792. The van der Waals surface area contributed by atoms with Crippen LogP contribution in [-0.4, -0.2) is 36.1 Å². The molecule has 1 aromatic heterocycles. The summed E-state index contributed by atoms with van der Waals surface area (Å²) in [5.74, 6) is -0.428. The summed E-state index contributed by atoms with van der Waals surface area (Å²) in [4.78, 5) is 5.97. The molecule has 1 N–H and O–H groups in total. The number of piperidine rings is 1. The van der Waals surface area contributed by atoms with E-state index in [-0.39, 0.29) is 0 Å². The van der Waals surface area contributed by atoms with E-state index in [0.29, 0.717) is 0 Å². The van der Waals surface area contributed by atoms with Crippen LogP contribution in [0.25, 0.3) is 0 Å². The molecule has 2 rings (SSSR count). The molecule has 0 aromatic carbocycles. The van der Waals surface area contributed by atoms with E-state index in [9.17, 15) is 4.39 Å². The number of nitrogens with one attached hydrogen (secondary N) is 1. The highest BCUT2D eigenvalue weighted by Crippen LogP contribution is 2.09. The van der Waals surface area contributed by atoms with Crippen LogP contribution >= 0.6 is 0 Å². The fourth-order valence-corrected chi connectivity index (χ4v) is 2.05. The second-order valence-corrected chi connectivity index (χ2v) is 4.20. The van der Waals surface area contributed by atoms with Crippen molar-refractivity contribution in [2.75, 3.05) is 31.5 Å². The zero-order valence-corrected chi connectivity index (χ0v) is 9.45. The molecule has 0 spiro atoms. The number of pyridine rings is 1. The highest BCUT2D eigenvalue weighted by Gasteiger charge is 2.08. The zero-order chi connectivity index (χ0) is 11.2. The van der Waals surface area contributed by atoms with Crippen molar-refractivity contribution in [3.8, 4) is 0 Å². The molecule has 0 radical (unpaired) electrons. The number of hydrogen-bond donors (Lipinski definition) is 1. The van der Waals surface area contributed by atoms with Crippen LogP contribution < -0.4 is 5.32 Å². The van der Waals surface area contributed by atoms with E-state index in [4.69, 9.17) is 0 Å². The fourth-order valence-electron chi connectivity index (χ4n) is 2.05. The lowest BCUT2D eigenvalue weighted by Crippen LogP contribution is -2.33. The summed E-state index contributed by atoms with van der Waals surface area (Å²) in [5, 5.41) is 3.21. The van der Waals surface area contributed by atoms with E-state index >= 15 is 0 Å². The average molecular weight is 223 g/mol. The average Bonchev–Trinajstić information content (AvgIpc) is 2.30. The van der Waals surface area contributed by atoms with Gasteiger partial charge in [0.25, 0.3) is 0 Å². The van der Waals surface area contributed by atoms with Crippen LogP contribution in [0.3, 0.4) is 0 Å². The standard InChI is InChI=1S/C12H18FN3/c13-12-10-11(4-5-15-12)14-6-9-16-7-2-1-3-8-16/h4-5,10H,1-3,6-9H2,(H,14,15). The normalized spacial score (nSPS) is 17.3. The van der Waals surface area contributed by atoms with E-state index in [2.05, 4.69) is 15.2 Å². The molecule has 16 heavy (non-hydrogen) atoms. The Labute approximate surface area is 95.7 Å². The van der Waals surface area contributed by atoms with Gasteiger partial charge in [0.2, 0.25) is 5.95 Å². The predicted octanol–water partition coefficient (Wildman–Crippen LogP) is 2.12. The third kappa shape index (κ3) is 3.45. The molecule has 3 nitrogen and oxygen atoms in total. The lowest BCUT2D eigenvalue weighted by atomic mass is 10.1. The maximum atomic E-state index is 12.8. The molecule has 1 aromatic rings. The minimum absolute atomic E-state index is 0.428. The minimum Gasteiger partial charge on any atom is -0.384 e. The summed E-state index contributed by atoms with van der Waals surface area (Å²) in [5.41, 5.74) is 0.810. The molecular formula is C12H18FN3. The monoisotopic (exact) mass is 223 g/mol. The number of aromatic nitrogens is 1. The van der Waals surface area contributed by atoms with Gasteiger partial charge in [-0.25, -0.2) is 4.98 Å². The van der Waals surface area contributed by atoms with Crippen LogP contribution in [0.5, 0.6) is 0 Å². The molecular weight excluding hydrogens is 205 g/mol. The van der Waals surface area contributed by atoms with Gasteiger partial charge in [0, 0.05) is 31.0 Å². The molecule has 0 unspecified atom stereocenters. The molecule has 2 heterocycles. The number of hydrogen-bond acceptors (Lipinski definition) is 3. The van der Waals surface area contributed by atoms with Crippen molar-refractivity contribution in [2.45, 2.75) is 19.3 Å². The first kappa shape index (κ1) is 11.3. The van der Waals surface area contributed by atoms with Crippen molar-refractivity contribution in [1.82, 2.24) is 9.88 Å². The highest BCUT2D eigenvalue weighted by atomic mass is 19.1. The Balaban J connectivity index is 1.71. The van der Waals surface area contributed by atoms with Crippen LogP contribution in [0.15, 0.2) is 18.3 Å². The van der Waals surface area contributed by atoms with Crippen molar-refractivity contribution in [3.63, 3.8) is 0 Å². The number of likely N-dealkylation sites (tertiary alicyclic amines) is 1. The van der Waals surface area contributed by atoms with Crippen LogP contribution in [0.1, 0.15) is 19.3 Å². The summed E-state index contributed by atoms with van der Waals surface area (Å²) in [7, 11) is 0. The third-order valence-corrected chi connectivity index (χ3v) is 2.93. The zero-order valence-electron chi connectivity index (χ0n) is 9.45. The van der Waals surface area contributed by atoms with E-state index in [0.717, 1.165) is 18.8 Å². The van der Waals surface area contributed by atoms with E-state index < -0.39 is 5.95 Å². The van der Waals surface area contributed by atoms with Crippen LogP contribution in [0.4, 0.5) is 10.1 Å². The van der Waals surface area contributed by atoms with Crippen molar-refractivity contribution in [2.24, 2.45) is 0 Å². The minimum atomic E-state index is -0.428. The van der Waals surface area contributed by atoms with Gasteiger partial charge in [0.15, 0.2) is 0 Å². The molecule has 88 valence electrons. The molecule has 4 heteroatoms. The summed E-state index contributed by atoms with van der Waals surface area (Å²) < 4.78 is 12.8. The lowest BCUT2D eigenvalue weighted by Gasteiger charge is -2.26. The molecule has 1 aliphatic heterocycles. The van der Waals surface area contributed by atoms with E-state index in [1.165, 1.54) is 44.6 Å². The topological polar surface area (TPSA) is 28.2 Å². The summed E-state index contributed by atoms with van der Waals surface area (Å²) >= 11 is 0. The van der Waals surface area contributed by atoms with Gasteiger partial charge in [-0.2, -0.15) is 4.39 Å². The number of nitrogens with zero attached hydrogens (tertiary/aromatic N) is 2. The van der Waals surface area contributed by atoms with E-state index in [1.807, 2.05) is 0 Å². The maximum Gasteiger partial charge on any atom is 0.214 e. The van der Waals surface area contributed by atoms with Gasteiger partial charge >= 0.3 is 0 Å². The number of rotatable bonds is 4. The SMILES string of the molecule is Fc1cc(NCCN2CCCCC2)ccn1. The van der Waals surface area contributed by atoms with Gasteiger partial charge in [0.05, 0.1) is 0 Å². The Morgan fingerprint density at radius 2 is 2.12 bits per heavy atom. The first-order valence-corrected chi connectivity index (χ1v) is 5.92.